The van der Waals surface area contributed by atoms with Crippen molar-refractivity contribution in [2.24, 2.45) is 18.7 Å². The normalized spacial score (nSPS) is 17.8. The maximum absolute atomic E-state index is 11.9. The van der Waals surface area contributed by atoms with Crippen molar-refractivity contribution in [1.82, 2.24) is 15.0 Å². The van der Waals surface area contributed by atoms with Gasteiger partial charge in [0.05, 0.1) is 0 Å². The molecular formula is C9H13BrN4O. The van der Waals surface area contributed by atoms with Crippen LogP contribution in [0.5, 0.6) is 0 Å². The lowest BCUT2D eigenvalue weighted by atomic mass is 10.1. The molecule has 1 heterocycles. The van der Waals surface area contributed by atoms with Crippen molar-refractivity contribution in [3.63, 3.8) is 0 Å². The van der Waals surface area contributed by atoms with Gasteiger partial charge in [-0.3, -0.25) is 4.79 Å². The molecule has 1 aromatic heterocycles. The van der Waals surface area contributed by atoms with Crippen molar-refractivity contribution in [2.45, 2.75) is 25.3 Å². The number of aromatic nitrogens is 3. The highest BCUT2D eigenvalue weighted by Crippen LogP contribution is 2.33. The summed E-state index contributed by atoms with van der Waals surface area (Å²) in [6.07, 6.45) is 2.68. The molecule has 0 amide bonds. The third-order valence-electron chi connectivity index (χ3n) is 2.70. The smallest absolute Gasteiger partial charge is 0.185 e. The number of carbonyl (C=O) groups is 1. The van der Waals surface area contributed by atoms with Crippen LogP contribution in [0.1, 0.15) is 29.8 Å². The van der Waals surface area contributed by atoms with E-state index in [9.17, 15) is 4.79 Å². The summed E-state index contributed by atoms with van der Waals surface area (Å²) in [7, 11) is 1.70. The topological polar surface area (TPSA) is 73.8 Å². The highest BCUT2D eigenvalue weighted by Gasteiger charge is 2.31. The molecule has 1 fully saturated rings. The molecule has 1 saturated carbocycles. The van der Waals surface area contributed by atoms with Gasteiger partial charge in [-0.05, 0) is 34.7 Å². The number of rotatable bonds is 4. The van der Waals surface area contributed by atoms with Crippen molar-refractivity contribution >= 4 is 21.7 Å². The molecule has 0 aliphatic heterocycles. The minimum absolute atomic E-state index is 0.00812. The van der Waals surface area contributed by atoms with Crippen LogP contribution in [0, 0.1) is 5.92 Å². The molecule has 2 rings (SSSR count). The van der Waals surface area contributed by atoms with Gasteiger partial charge < -0.3 is 5.73 Å². The number of ketones is 1. The largest absolute Gasteiger partial charge is 0.327 e. The number of aryl methyl sites for hydroxylation is 1. The summed E-state index contributed by atoms with van der Waals surface area (Å²) >= 11 is 3.20. The molecule has 15 heavy (non-hydrogen) atoms. The summed E-state index contributed by atoms with van der Waals surface area (Å²) in [4.78, 5) is 11.9. The first-order valence-electron chi connectivity index (χ1n) is 4.93. The van der Waals surface area contributed by atoms with Gasteiger partial charge >= 0.3 is 0 Å². The Morgan fingerprint density at radius 1 is 1.73 bits per heavy atom. The maximum Gasteiger partial charge on any atom is 0.185 e. The van der Waals surface area contributed by atoms with Gasteiger partial charge in [-0.15, -0.1) is 5.10 Å². The van der Waals surface area contributed by atoms with Gasteiger partial charge in [-0.1, -0.05) is 5.21 Å². The number of halogens is 1. The van der Waals surface area contributed by atoms with Crippen molar-refractivity contribution in [3.05, 3.63) is 10.3 Å². The van der Waals surface area contributed by atoms with Gasteiger partial charge in [0.1, 0.15) is 5.69 Å². The summed E-state index contributed by atoms with van der Waals surface area (Å²) in [6, 6.07) is -0.0145. The molecule has 0 bridgehead atoms. The lowest BCUT2D eigenvalue weighted by Gasteiger charge is -2.08. The Hall–Kier alpha value is -0.750. The molecule has 0 saturated heterocycles. The SMILES string of the molecule is Cn1nnc(Br)c1C(=O)CC(N)C1CC1. The molecule has 1 aliphatic rings. The Balaban J connectivity index is 2.06. The third-order valence-corrected chi connectivity index (χ3v) is 3.23. The van der Waals surface area contributed by atoms with Gasteiger partial charge in [-0.2, -0.15) is 0 Å². The van der Waals surface area contributed by atoms with Crippen LogP contribution in [-0.2, 0) is 7.05 Å². The Kier molecular flexibility index (Phi) is 2.88. The quantitative estimate of drug-likeness (QED) is 0.827. The molecule has 82 valence electrons. The minimum Gasteiger partial charge on any atom is -0.327 e. The molecule has 0 aromatic carbocycles. The zero-order valence-corrected chi connectivity index (χ0v) is 10.1. The second-order valence-corrected chi connectivity index (χ2v) is 4.73. The Labute approximate surface area is 96.1 Å². The van der Waals surface area contributed by atoms with E-state index in [2.05, 4.69) is 26.2 Å². The van der Waals surface area contributed by atoms with Crippen LogP contribution in [-0.4, -0.2) is 26.8 Å². The fourth-order valence-electron chi connectivity index (χ4n) is 1.63. The number of nitrogens with two attached hydrogens (primary N) is 1. The number of carbonyl (C=O) groups excluding carboxylic acids is 1. The monoisotopic (exact) mass is 272 g/mol. The van der Waals surface area contributed by atoms with Crippen LogP contribution in [0.4, 0.5) is 0 Å². The highest BCUT2D eigenvalue weighted by molar-refractivity contribution is 9.10. The van der Waals surface area contributed by atoms with E-state index in [1.165, 1.54) is 4.68 Å². The van der Waals surface area contributed by atoms with E-state index in [1.54, 1.807) is 7.05 Å². The van der Waals surface area contributed by atoms with Crippen molar-refractivity contribution in [2.75, 3.05) is 0 Å². The Morgan fingerprint density at radius 3 is 2.87 bits per heavy atom. The molecule has 1 aliphatic carbocycles. The average molecular weight is 273 g/mol. The molecular weight excluding hydrogens is 260 g/mol. The van der Waals surface area contributed by atoms with Crippen LogP contribution in [0.15, 0.2) is 4.60 Å². The summed E-state index contributed by atoms with van der Waals surface area (Å²) in [5.74, 6) is 0.544. The molecule has 5 nitrogen and oxygen atoms in total. The van der Waals surface area contributed by atoms with Gasteiger partial charge in [0.15, 0.2) is 10.4 Å². The summed E-state index contributed by atoms with van der Waals surface area (Å²) in [5, 5.41) is 7.54. The van der Waals surface area contributed by atoms with E-state index in [-0.39, 0.29) is 11.8 Å². The maximum atomic E-state index is 11.9. The van der Waals surface area contributed by atoms with E-state index in [1.807, 2.05) is 0 Å². The standard InChI is InChI=1S/C9H13BrN4O/c1-14-8(9(10)12-13-14)7(15)4-6(11)5-2-3-5/h5-6H,2-4,11H2,1H3. The van der Waals surface area contributed by atoms with Gasteiger partial charge in [0.25, 0.3) is 0 Å². The molecule has 1 unspecified atom stereocenters. The molecule has 1 aromatic rings. The molecule has 0 spiro atoms. The van der Waals surface area contributed by atoms with E-state index in [0.717, 1.165) is 12.8 Å². The van der Waals surface area contributed by atoms with Gasteiger partial charge in [0.2, 0.25) is 0 Å². The molecule has 1 atom stereocenters. The van der Waals surface area contributed by atoms with Crippen molar-refractivity contribution in [1.29, 1.82) is 0 Å². The van der Waals surface area contributed by atoms with E-state index < -0.39 is 0 Å². The Bertz CT molecular complexity index is 366. The van der Waals surface area contributed by atoms with E-state index in [0.29, 0.717) is 22.6 Å². The lowest BCUT2D eigenvalue weighted by molar-refractivity contribution is 0.0961. The average Bonchev–Trinajstić information content (AvgIpc) is 2.94. The van der Waals surface area contributed by atoms with Gasteiger partial charge in [-0.25, -0.2) is 4.68 Å². The highest BCUT2D eigenvalue weighted by atomic mass is 79.9. The molecule has 0 radical (unpaired) electrons. The first-order valence-corrected chi connectivity index (χ1v) is 5.73. The summed E-state index contributed by atoms with van der Waals surface area (Å²) in [5.41, 5.74) is 6.41. The molecule has 6 heteroatoms. The number of hydrogen-bond donors (Lipinski definition) is 1. The summed E-state index contributed by atoms with van der Waals surface area (Å²) in [6.45, 7) is 0. The van der Waals surface area contributed by atoms with Crippen LogP contribution in [0.3, 0.4) is 0 Å². The first-order chi connectivity index (χ1) is 7.09. The third kappa shape index (κ3) is 2.26. The van der Waals surface area contributed by atoms with E-state index >= 15 is 0 Å². The number of hydrogen-bond acceptors (Lipinski definition) is 4. The van der Waals surface area contributed by atoms with Crippen molar-refractivity contribution < 1.29 is 4.79 Å². The van der Waals surface area contributed by atoms with Crippen LogP contribution < -0.4 is 5.73 Å². The van der Waals surface area contributed by atoms with Crippen molar-refractivity contribution in [3.8, 4) is 0 Å². The lowest BCUT2D eigenvalue weighted by Crippen LogP contribution is -2.26. The minimum atomic E-state index is -0.0145. The van der Waals surface area contributed by atoms with E-state index in [4.69, 9.17) is 5.73 Å². The van der Waals surface area contributed by atoms with Crippen LogP contribution >= 0.6 is 15.9 Å². The zero-order valence-electron chi connectivity index (χ0n) is 8.48. The second-order valence-electron chi connectivity index (χ2n) is 3.98. The summed E-state index contributed by atoms with van der Waals surface area (Å²) < 4.78 is 1.98. The Morgan fingerprint density at radius 2 is 2.40 bits per heavy atom. The number of nitrogens with zero attached hydrogens (tertiary/aromatic N) is 3. The molecule has 2 N–H and O–H groups in total. The van der Waals surface area contributed by atoms with Crippen LogP contribution in [0.25, 0.3) is 0 Å². The fraction of sp³-hybridized carbons (Fsp3) is 0.667. The zero-order chi connectivity index (χ0) is 11.0. The predicted molar refractivity (Wildman–Crippen MR) is 58.3 cm³/mol. The second kappa shape index (κ2) is 4.02. The number of Topliss-reactive ketones (excluding diaryl/α,β-unsaturated/α-hetero) is 1. The predicted octanol–water partition coefficient (Wildman–Crippen LogP) is 0.888. The fourth-order valence-corrected chi connectivity index (χ4v) is 2.18. The first kappa shape index (κ1) is 10.8. The van der Waals surface area contributed by atoms with Crippen LogP contribution in [0.2, 0.25) is 0 Å². The van der Waals surface area contributed by atoms with Gasteiger partial charge in [0, 0.05) is 19.5 Å².